The molecule has 0 amide bonds. The van der Waals surface area contributed by atoms with Gasteiger partial charge in [0.15, 0.2) is 0 Å². The Morgan fingerprint density at radius 3 is 0.731 bits per heavy atom. The standard InChI is InChI=1S/6C2H4O2.Bi.Er/c6*1-2(3)4;;/h6*1H3,(H,3,4);;/q;;;;;;+3;/p-3. The van der Waals surface area contributed by atoms with Gasteiger partial charge in [-0.3, -0.25) is 14.4 Å². The summed E-state index contributed by atoms with van der Waals surface area (Å²) in [6, 6.07) is 0. The molecule has 0 aromatic heterocycles. The van der Waals surface area contributed by atoms with Crippen LogP contribution in [0.1, 0.15) is 41.5 Å². The Kier molecular flexibility index (Phi) is 33.1. The summed E-state index contributed by atoms with van der Waals surface area (Å²) in [5.74, 6) is -4.37. The van der Waals surface area contributed by atoms with Crippen LogP contribution in [0.15, 0.2) is 0 Å². The Morgan fingerprint density at radius 1 is 0.538 bits per heavy atom. The maximum Gasteiger partial charge on any atom is 0 e. The van der Waals surface area contributed by atoms with E-state index in [2.05, 4.69) is 8.44 Å². The molecule has 26 heavy (non-hydrogen) atoms. The number of carbonyl (C=O) groups is 6. The van der Waals surface area contributed by atoms with Gasteiger partial charge in [0.25, 0.3) is 17.9 Å². The van der Waals surface area contributed by atoms with Crippen LogP contribution in [0.3, 0.4) is 0 Å². The molecule has 0 bridgehead atoms. The fourth-order valence-electron chi connectivity index (χ4n) is 0.371. The molecule has 3 N–H and O–H groups in total. The number of aliphatic carboxylic acids is 3. The van der Waals surface area contributed by atoms with Crippen LogP contribution in [-0.2, 0) is 37.2 Å². The first kappa shape index (κ1) is 36.0. The molecule has 0 spiro atoms. The Balaban J connectivity index is -0.0000000933. The first-order valence-corrected chi connectivity index (χ1v) is 10.3. The predicted octanol–water partition coefficient (Wildman–Crippen LogP) is -0.0667. The number of carboxylic acid groups (broad SMARTS) is 3. The molecule has 0 saturated heterocycles. The van der Waals surface area contributed by atoms with E-state index in [-0.39, 0.29) is 37.3 Å². The van der Waals surface area contributed by atoms with E-state index in [9.17, 15) is 14.4 Å². The van der Waals surface area contributed by atoms with Gasteiger partial charge in [-0.1, -0.05) is 0 Å². The monoisotopic (exact) mass is 732 g/mol. The van der Waals surface area contributed by atoms with Crippen LogP contribution >= 0.6 is 0 Å². The van der Waals surface area contributed by atoms with Gasteiger partial charge >= 0.3 is 84.6 Å². The van der Waals surface area contributed by atoms with Crippen molar-refractivity contribution in [3.05, 3.63) is 0 Å². The third-order valence-electron chi connectivity index (χ3n) is 0.609. The second kappa shape index (κ2) is 23.9. The normalized spacial score (nSPS) is 7.50. The van der Waals surface area contributed by atoms with Crippen molar-refractivity contribution in [2.24, 2.45) is 0 Å². The van der Waals surface area contributed by atoms with Crippen molar-refractivity contribution in [3.8, 4) is 0 Å². The molecule has 158 valence electrons. The molecule has 0 aliphatic rings. The minimum absolute atomic E-state index is 0. The Morgan fingerprint density at radius 2 is 0.654 bits per heavy atom. The van der Waals surface area contributed by atoms with E-state index in [0.29, 0.717) is 0 Å². The molecule has 0 heterocycles. The van der Waals surface area contributed by atoms with E-state index in [0.717, 1.165) is 41.5 Å². The second-order valence-electron chi connectivity index (χ2n) is 3.53. The van der Waals surface area contributed by atoms with Gasteiger partial charge in [0, 0.05) is 58.1 Å². The van der Waals surface area contributed by atoms with Gasteiger partial charge in [0.1, 0.15) is 0 Å². The molecule has 0 atom stereocenters. The zero-order valence-electron chi connectivity index (χ0n) is 14.8. The van der Waals surface area contributed by atoms with Crippen molar-refractivity contribution in [3.63, 3.8) is 0 Å². The molecule has 0 radical (unpaired) electrons. The topological polar surface area (TPSA) is 191 Å². The van der Waals surface area contributed by atoms with Gasteiger partial charge in [0.05, 0.1) is 0 Å². The van der Waals surface area contributed by atoms with Crippen molar-refractivity contribution >= 4 is 58.9 Å². The van der Waals surface area contributed by atoms with Crippen LogP contribution < -0.4 is 0 Å². The third kappa shape index (κ3) is 92.2. The largest absolute Gasteiger partial charge is 0 e. The smallest absolute Gasteiger partial charge is 0 e. The Bertz CT molecular complexity index is 387. The molecule has 12 nitrogen and oxygen atoms in total. The molecule has 0 saturated carbocycles. The maximum absolute atomic E-state index is 10.5. The number of hydrogen-bond donors (Lipinski definition) is 3. The van der Waals surface area contributed by atoms with Crippen LogP contribution in [0.5, 0.6) is 0 Å². The molecule has 0 aromatic rings. The quantitative estimate of drug-likeness (QED) is 0.328. The summed E-state index contributed by atoms with van der Waals surface area (Å²) in [7, 11) is 0. The van der Waals surface area contributed by atoms with E-state index >= 15 is 0 Å². The zero-order valence-corrected chi connectivity index (χ0v) is 20.1. The average Bonchev–Trinajstić information content (AvgIpc) is 2.22. The summed E-state index contributed by atoms with van der Waals surface area (Å²) in [6.07, 6.45) is 0. The molecule has 0 unspecified atom stereocenters. The summed E-state index contributed by atoms with van der Waals surface area (Å²) >= 11 is -3.59. The predicted molar refractivity (Wildman–Crippen MR) is 81.0 cm³/mol. The SMILES string of the molecule is CC(=O)O.CC(=O)O.CC(=O)O.CC(=O)[O][Bi]([O]C(C)=O)[O]C(C)=O.[Er]. The van der Waals surface area contributed by atoms with Crippen LogP contribution in [-0.4, -0.2) is 74.2 Å². The first-order valence-electron chi connectivity index (χ1n) is 6.06. The van der Waals surface area contributed by atoms with Gasteiger partial charge in [0.2, 0.25) is 0 Å². The minimum Gasteiger partial charge on any atom is 0 e. The van der Waals surface area contributed by atoms with E-state index in [1.165, 1.54) is 0 Å². The van der Waals surface area contributed by atoms with Gasteiger partial charge in [-0.05, 0) is 0 Å². The number of carboxylic acids is 3. The van der Waals surface area contributed by atoms with E-state index in [4.69, 9.17) is 29.7 Å². The second-order valence-corrected chi connectivity index (χ2v) is 7.40. The van der Waals surface area contributed by atoms with Gasteiger partial charge in [-0.2, -0.15) is 0 Å². The van der Waals surface area contributed by atoms with Crippen LogP contribution in [0, 0.1) is 37.3 Å². The van der Waals surface area contributed by atoms with Crippen molar-refractivity contribution in [2.75, 3.05) is 0 Å². The van der Waals surface area contributed by atoms with Crippen molar-refractivity contribution < 1.29 is 89.8 Å². The van der Waals surface area contributed by atoms with E-state index < -0.39 is 58.9 Å². The average molecular weight is 734 g/mol. The third-order valence-corrected chi connectivity index (χ3v) is 5.35. The molecule has 0 aliphatic carbocycles. The molecular formula is C12H21BiErO12. The first-order chi connectivity index (χ1) is 11.1. The summed E-state index contributed by atoms with van der Waals surface area (Å²) < 4.78 is 13.7. The molecular weight excluding hydrogens is 712 g/mol. The fraction of sp³-hybridized carbons (Fsp3) is 0.500. The van der Waals surface area contributed by atoms with Crippen molar-refractivity contribution in [2.45, 2.75) is 41.5 Å². The molecule has 0 aromatic carbocycles. The summed E-state index contributed by atoms with van der Waals surface area (Å²) in [5.41, 5.74) is 0. The molecule has 0 rings (SSSR count). The van der Waals surface area contributed by atoms with Gasteiger partial charge in [-0.25, -0.2) is 0 Å². The van der Waals surface area contributed by atoms with Crippen LogP contribution in [0.4, 0.5) is 0 Å². The van der Waals surface area contributed by atoms with Crippen molar-refractivity contribution in [1.29, 1.82) is 0 Å². The van der Waals surface area contributed by atoms with Crippen LogP contribution in [0.25, 0.3) is 0 Å². The van der Waals surface area contributed by atoms with E-state index in [1.54, 1.807) is 0 Å². The zero-order chi connectivity index (χ0) is 21.2. The maximum atomic E-state index is 10.5. The Labute approximate surface area is 188 Å². The van der Waals surface area contributed by atoms with E-state index in [1.807, 2.05) is 0 Å². The van der Waals surface area contributed by atoms with Gasteiger partial charge < -0.3 is 15.3 Å². The molecule has 0 fully saturated rings. The summed E-state index contributed by atoms with van der Waals surface area (Å²) in [5, 5.41) is 22.2. The number of carbonyl (C=O) groups excluding carboxylic acids is 3. The Hall–Kier alpha value is -1.05. The minimum atomic E-state index is -3.59. The summed E-state index contributed by atoms with van der Waals surface area (Å²) in [6.45, 7) is 6.69. The number of hydrogen-bond acceptors (Lipinski definition) is 9. The van der Waals surface area contributed by atoms with Gasteiger partial charge in [-0.15, -0.1) is 0 Å². The molecule has 14 heteroatoms. The van der Waals surface area contributed by atoms with Crippen LogP contribution in [0.2, 0.25) is 0 Å². The molecule has 0 aliphatic heterocycles. The number of rotatable bonds is 3. The van der Waals surface area contributed by atoms with Crippen molar-refractivity contribution in [1.82, 2.24) is 0 Å². The summed E-state index contributed by atoms with van der Waals surface area (Å²) in [4.78, 5) is 58.4. The fourth-order valence-corrected chi connectivity index (χ4v) is 3.25.